The van der Waals surface area contributed by atoms with E-state index in [4.69, 9.17) is 10.5 Å². The van der Waals surface area contributed by atoms with Crippen molar-refractivity contribution in [1.82, 2.24) is 10.2 Å². The number of nitrogens with one attached hydrogen (secondary N) is 1. The van der Waals surface area contributed by atoms with Crippen molar-refractivity contribution in [2.24, 2.45) is 11.7 Å². The van der Waals surface area contributed by atoms with Crippen molar-refractivity contribution in [3.8, 4) is 0 Å². The van der Waals surface area contributed by atoms with Crippen LogP contribution in [0.25, 0.3) is 0 Å². The number of hydrogen-bond donors (Lipinski definition) is 2. The minimum absolute atomic E-state index is 0.0405. The zero-order valence-electron chi connectivity index (χ0n) is 12.3. The lowest BCUT2D eigenvalue weighted by molar-refractivity contribution is -0.148. The highest BCUT2D eigenvalue weighted by Crippen LogP contribution is 2.31. The van der Waals surface area contributed by atoms with Crippen LogP contribution in [-0.2, 0) is 19.1 Å². The van der Waals surface area contributed by atoms with Crippen molar-refractivity contribution in [2.75, 3.05) is 19.7 Å². The van der Waals surface area contributed by atoms with Gasteiger partial charge >= 0.3 is 5.97 Å². The van der Waals surface area contributed by atoms with Gasteiger partial charge in [0.05, 0.1) is 6.61 Å². The average Bonchev–Trinajstić information content (AvgIpc) is 3.31. The average molecular weight is 297 g/mol. The number of ether oxygens (including phenoxy) is 1. The van der Waals surface area contributed by atoms with Gasteiger partial charge in [-0.05, 0) is 32.6 Å². The molecule has 0 radical (unpaired) electrons. The third kappa shape index (κ3) is 4.17. The molecule has 7 heteroatoms. The van der Waals surface area contributed by atoms with Gasteiger partial charge < -0.3 is 20.7 Å². The molecule has 1 heterocycles. The van der Waals surface area contributed by atoms with Crippen molar-refractivity contribution in [3.63, 3.8) is 0 Å². The van der Waals surface area contributed by atoms with Gasteiger partial charge in [0, 0.05) is 25.0 Å². The number of carbonyl (C=O) groups excluding carboxylic acids is 3. The van der Waals surface area contributed by atoms with E-state index in [-0.39, 0.29) is 24.5 Å². The van der Waals surface area contributed by atoms with E-state index < -0.39 is 17.9 Å². The summed E-state index contributed by atoms with van der Waals surface area (Å²) in [6.45, 7) is 3.15. The maximum Gasteiger partial charge on any atom is 0.332 e. The Hall–Kier alpha value is -1.63. The number of nitrogens with two attached hydrogens (primary N) is 1. The second-order valence-corrected chi connectivity index (χ2v) is 5.61. The second kappa shape index (κ2) is 6.89. The smallest absolute Gasteiger partial charge is 0.332 e. The SMILES string of the molecule is CCOC(=O)C(N)C(=O)NC1CCN(C(=O)C2CC2)CC1. The van der Waals surface area contributed by atoms with E-state index in [9.17, 15) is 14.4 Å². The molecular weight excluding hydrogens is 274 g/mol. The molecule has 1 aliphatic heterocycles. The van der Waals surface area contributed by atoms with E-state index in [1.165, 1.54) is 0 Å². The predicted octanol–water partition coefficient (Wildman–Crippen LogP) is -0.606. The lowest BCUT2D eigenvalue weighted by Gasteiger charge is -2.32. The van der Waals surface area contributed by atoms with Gasteiger partial charge in [-0.3, -0.25) is 9.59 Å². The minimum Gasteiger partial charge on any atom is -0.464 e. The summed E-state index contributed by atoms with van der Waals surface area (Å²) in [4.78, 5) is 37.0. The summed E-state index contributed by atoms with van der Waals surface area (Å²) in [6.07, 6.45) is 3.40. The summed E-state index contributed by atoms with van der Waals surface area (Å²) in [7, 11) is 0. The highest BCUT2D eigenvalue weighted by atomic mass is 16.5. The molecule has 1 saturated heterocycles. The summed E-state index contributed by atoms with van der Waals surface area (Å²) in [5, 5.41) is 2.76. The zero-order chi connectivity index (χ0) is 15.4. The van der Waals surface area contributed by atoms with Crippen LogP contribution in [0.5, 0.6) is 0 Å². The Morgan fingerprint density at radius 2 is 1.86 bits per heavy atom. The van der Waals surface area contributed by atoms with E-state index in [1.807, 2.05) is 4.90 Å². The Morgan fingerprint density at radius 3 is 2.38 bits per heavy atom. The number of nitrogens with zero attached hydrogens (tertiary/aromatic N) is 1. The molecule has 0 aromatic rings. The Bertz CT molecular complexity index is 414. The first kappa shape index (κ1) is 15.8. The summed E-state index contributed by atoms with van der Waals surface area (Å²) < 4.78 is 4.72. The second-order valence-electron chi connectivity index (χ2n) is 5.61. The fourth-order valence-corrected chi connectivity index (χ4v) is 2.46. The van der Waals surface area contributed by atoms with E-state index in [1.54, 1.807) is 6.92 Å². The quantitative estimate of drug-likeness (QED) is 0.521. The number of rotatable bonds is 5. The Morgan fingerprint density at radius 1 is 1.24 bits per heavy atom. The lowest BCUT2D eigenvalue weighted by Crippen LogP contribution is -2.53. The van der Waals surface area contributed by atoms with Crippen molar-refractivity contribution in [1.29, 1.82) is 0 Å². The van der Waals surface area contributed by atoms with Crippen molar-refractivity contribution < 1.29 is 19.1 Å². The molecular formula is C14H23N3O4. The maximum absolute atomic E-state index is 11.9. The standard InChI is InChI=1S/C14H23N3O4/c1-2-21-14(20)11(15)12(18)16-10-5-7-17(8-6-10)13(19)9-3-4-9/h9-11H,2-8,15H2,1H3,(H,16,18). The van der Waals surface area contributed by atoms with E-state index in [0.717, 1.165) is 12.8 Å². The number of hydrogen-bond acceptors (Lipinski definition) is 5. The topological polar surface area (TPSA) is 102 Å². The zero-order valence-corrected chi connectivity index (χ0v) is 12.3. The molecule has 7 nitrogen and oxygen atoms in total. The Balaban J connectivity index is 1.73. The highest BCUT2D eigenvalue weighted by molar-refractivity contribution is 6.01. The van der Waals surface area contributed by atoms with Crippen LogP contribution in [0.1, 0.15) is 32.6 Å². The normalized spacial score (nSPS) is 20.8. The summed E-state index contributed by atoms with van der Waals surface area (Å²) in [5.74, 6) is -0.756. The van der Waals surface area contributed by atoms with Gasteiger partial charge in [0.1, 0.15) is 0 Å². The molecule has 0 aromatic heterocycles. The lowest BCUT2D eigenvalue weighted by atomic mass is 10.0. The molecule has 2 aliphatic rings. The van der Waals surface area contributed by atoms with Gasteiger partial charge in [-0.15, -0.1) is 0 Å². The number of amides is 2. The third-order valence-corrected chi connectivity index (χ3v) is 3.90. The van der Waals surface area contributed by atoms with Crippen LogP contribution in [0.15, 0.2) is 0 Å². The number of likely N-dealkylation sites (tertiary alicyclic amines) is 1. The first-order valence-corrected chi connectivity index (χ1v) is 7.54. The van der Waals surface area contributed by atoms with Gasteiger partial charge in [0.25, 0.3) is 0 Å². The van der Waals surface area contributed by atoms with Gasteiger partial charge in [-0.25, -0.2) is 4.79 Å². The van der Waals surface area contributed by atoms with Crippen LogP contribution in [0.4, 0.5) is 0 Å². The Kier molecular flexibility index (Phi) is 5.17. The molecule has 0 aromatic carbocycles. The monoisotopic (exact) mass is 297 g/mol. The highest BCUT2D eigenvalue weighted by Gasteiger charge is 2.35. The van der Waals surface area contributed by atoms with Crippen LogP contribution in [0, 0.1) is 5.92 Å². The Labute approximate surface area is 124 Å². The van der Waals surface area contributed by atoms with Crippen molar-refractivity contribution in [3.05, 3.63) is 0 Å². The molecule has 1 aliphatic carbocycles. The van der Waals surface area contributed by atoms with E-state index in [2.05, 4.69) is 5.32 Å². The van der Waals surface area contributed by atoms with Crippen LogP contribution in [-0.4, -0.2) is 54.5 Å². The first-order valence-electron chi connectivity index (χ1n) is 7.54. The molecule has 1 atom stereocenters. The molecule has 0 spiro atoms. The number of piperidine rings is 1. The van der Waals surface area contributed by atoms with Crippen LogP contribution in [0.2, 0.25) is 0 Å². The molecule has 3 N–H and O–H groups in total. The molecule has 2 rings (SSSR count). The van der Waals surface area contributed by atoms with Crippen LogP contribution < -0.4 is 11.1 Å². The van der Waals surface area contributed by atoms with Gasteiger partial charge in [0.2, 0.25) is 11.8 Å². The third-order valence-electron chi connectivity index (χ3n) is 3.90. The maximum atomic E-state index is 11.9. The molecule has 21 heavy (non-hydrogen) atoms. The minimum atomic E-state index is -1.28. The summed E-state index contributed by atoms with van der Waals surface area (Å²) in [5.41, 5.74) is 5.54. The van der Waals surface area contributed by atoms with Gasteiger partial charge in [-0.2, -0.15) is 0 Å². The van der Waals surface area contributed by atoms with Gasteiger partial charge in [0.15, 0.2) is 6.04 Å². The fourth-order valence-electron chi connectivity index (χ4n) is 2.46. The van der Waals surface area contributed by atoms with E-state index in [0.29, 0.717) is 25.9 Å². The molecule has 2 fully saturated rings. The molecule has 1 saturated carbocycles. The van der Waals surface area contributed by atoms with Crippen molar-refractivity contribution >= 4 is 17.8 Å². The summed E-state index contributed by atoms with van der Waals surface area (Å²) >= 11 is 0. The van der Waals surface area contributed by atoms with Gasteiger partial charge in [-0.1, -0.05) is 0 Å². The van der Waals surface area contributed by atoms with Crippen LogP contribution in [0.3, 0.4) is 0 Å². The molecule has 118 valence electrons. The molecule has 2 amide bonds. The first-order chi connectivity index (χ1) is 10.0. The van der Waals surface area contributed by atoms with Crippen LogP contribution >= 0.6 is 0 Å². The van der Waals surface area contributed by atoms with E-state index >= 15 is 0 Å². The number of carbonyl (C=O) groups is 3. The largest absolute Gasteiger partial charge is 0.464 e. The predicted molar refractivity (Wildman–Crippen MR) is 75.1 cm³/mol. The molecule has 1 unspecified atom stereocenters. The molecule has 0 bridgehead atoms. The fraction of sp³-hybridized carbons (Fsp3) is 0.786. The van der Waals surface area contributed by atoms with Crippen molar-refractivity contribution in [2.45, 2.75) is 44.7 Å². The number of esters is 1. The summed E-state index contributed by atoms with van der Waals surface area (Å²) in [6, 6.07) is -1.32.